The second kappa shape index (κ2) is 5.41. The summed E-state index contributed by atoms with van der Waals surface area (Å²) in [5.41, 5.74) is -0.250. The van der Waals surface area contributed by atoms with E-state index in [2.05, 4.69) is 0 Å². The van der Waals surface area contributed by atoms with E-state index in [1.54, 1.807) is 0 Å². The minimum absolute atomic E-state index is 0.0978. The molecule has 0 heterocycles. The summed E-state index contributed by atoms with van der Waals surface area (Å²) in [7, 11) is -1.10. The molecule has 1 aromatic rings. The fraction of sp³-hybridized carbons (Fsp3) is 0.462. The molecule has 0 saturated heterocycles. The van der Waals surface area contributed by atoms with Crippen molar-refractivity contribution >= 4 is 16.0 Å². The zero-order valence-corrected chi connectivity index (χ0v) is 12.2. The molecule has 7 heteroatoms. The minimum atomic E-state index is -3.83. The highest BCUT2D eigenvalue weighted by atomic mass is 32.2. The van der Waals surface area contributed by atoms with Crippen molar-refractivity contribution in [3.8, 4) is 5.75 Å². The molecule has 1 aliphatic carbocycles. The van der Waals surface area contributed by atoms with E-state index in [0.717, 1.165) is 23.6 Å². The second-order valence-corrected chi connectivity index (χ2v) is 7.04. The van der Waals surface area contributed by atoms with Gasteiger partial charge in [-0.3, -0.25) is 0 Å². The molecule has 1 aromatic carbocycles. The number of carboxylic acids is 1. The number of aromatic carboxylic acids is 1. The molecule has 2 rings (SSSR count). The van der Waals surface area contributed by atoms with E-state index in [1.165, 1.54) is 32.3 Å². The molecule has 20 heavy (non-hydrogen) atoms. The highest BCUT2D eigenvalue weighted by Crippen LogP contribution is 2.29. The SMILES string of the molecule is CN(C)S(=O)(=O)c1cc(OC2CCC2)ccc1C(=O)O. The Bertz CT molecular complexity index is 620. The molecule has 1 N–H and O–H groups in total. The standard InChI is InChI=1S/C13H17NO5S/c1-14(2)20(17,18)12-8-10(19-9-4-3-5-9)6-7-11(12)13(15)16/h6-9H,3-5H2,1-2H3,(H,15,16). The first-order chi connectivity index (χ1) is 9.32. The Morgan fingerprint density at radius 2 is 2.00 bits per heavy atom. The lowest BCUT2D eigenvalue weighted by Gasteiger charge is -2.26. The lowest BCUT2D eigenvalue weighted by Crippen LogP contribution is -2.26. The van der Waals surface area contributed by atoms with Crippen LogP contribution < -0.4 is 4.74 Å². The number of hydrogen-bond donors (Lipinski definition) is 1. The van der Waals surface area contributed by atoms with Gasteiger partial charge < -0.3 is 9.84 Å². The van der Waals surface area contributed by atoms with Crippen LogP contribution >= 0.6 is 0 Å². The molecule has 0 amide bonds. The van der Waals surface area contributed by atoms with Crippen LogP contribution in [0.4, 0.5) is 0 Å². The Morgan fingerprint density at radius 1 is 1.35 bits per heavy atom. The van der Waals surface area contributed by atoms with Gasteiger partial charge in [-0.15, -0.1) is 0 Å². The number of benzene rings is 1. The van der Waals surface area contributed by atoms with Crippen LogP contribution in [0.15, 0.2) is 23.1 Å². The fourth-order valence-corrected chi connectivity index (χ4v) is 2.94. The third kappa shape index (κ3) is 2.78. The molecule has 0 bridgehead atoms. The summed E-state index contributed by atoms with van der Waals surface area (Å²) in [6.07, 6.45) is 3.08. The number of carbonyl (C=O) groups is 1. The Labute approximate surface area is 118 Å². The predicted octanol–water partition coefficient (Wildman–Crippen LogP) is 1.57. The monoisotopic (exact) mass is 299 g/mol. The largest absolute Gasteiger partial charge is 0.490 e. The van der Waals surface area contributed by atoms with Crippen LogP contribution in [0, 0.1) is 0 Å². The molecule has 6 nitrogen and oxygen atoms in total. The van der Waals surface area contributed by atoms with Gasteiger partial charge in [0.1, 0.15) is 10.6 Å². The smallest absolute Gasteiger partial charge is 0.337 e. The Hall–Kier alpha value is -1.60. The zero-order chi connectivity index (χ0) is 14.9. The molecule has 0 aromatic heterocycles. The molecule has 0 atom stereocenters. The maximum Gasteiger partial charge on any atom is 0.337 e. The van der Waals surface area contributed by atoms with Crippen molar-refractivity contribution in [2.24, 2.45) is 0 Å². The van der Waals surface area contributed by atoms with Crippen LogP contribution in [0.1, 0.15) is 29.6 Å². The van der Waals surface area contributed by atoms with Crippen LogP contribution in [-0.4, -0.2) is 44.0 Å². The fourth-order valence-electron chi connectivity index (χ4n) is 1.84. The third-order valence-corrected chi connectivity index (χ3v) is 5.15. The first-order valence-electron chi connectivity index (χ1n) is 6.29. The van der Waals surface area contributed by atoms with E-state index in [1.807, 2.05) is 0 Å². The molecule has 0 aliphatic heterocycles. The van der Waals surface area contributed by atoms with Gasteiger partial charge in [0.2, 0.25) is 10.0 Å². The molecule has 0 spiro atoms. The van der Waals surface area contributed by atoms with Gasteiger partial charge in [-0.1, -0.05) is 0 Å². The van der Waals surface area contributed by atoms with Gasteiger partial charge in [-0.05, 0) is 31.4 Å². The van der Waals surface area contributed by atoms with Crippen molar-refractivity contribution in [1.29, 1.82) is 0 Å². The lowest BCUT2D eigenvalue weighted by atomic mass is 9.96. The lowest BCUT2D eigenvalue weighted by molar-refractivity contribution is 0.0692. The van der Waals surface area contributed by atoms with Gasteiger partial charge in [-0.2, -0.15) is 0 Å². The number of rotatable bonds is 5. The minimum Gasteiger partial charge on any atom is -0.490 e. The number of hydrogen-bond acceptors (Lipinski definition) is 4. The van der Waals surface area contributed by atoms with Gasteiger partial charge in [0.25, 0.3) is 0 Å². The quantitative estimate of drug-likeness (QED) is 0.892. The van der Waals surface area contributed by atoms with Crippen molar-refractivity contribution in [3.05, 3.63) is 23.8 Å². The van der Waals surface area contributed by atoms with E-state index >= 15 is 0 Å². The molecular weight excluding hydrogens is 282 g/mol. The maximum atomic E-state index is 12.2. The normalized spacial score (nSPS) is 15.9. The molecule has 0 radical (unpaired) electrons. The molecular formula is C13H17NO5S. The summed E-state index contributed by atoms with van der Waals surface area (Å²) in [6.45, 7) is 0. The average Bonchev–Trinajstić information content (AvgIpc) is 2.33. The molecule has 110 valence electrons. The highest BCUT2D eigenvalue weighted by Gasteiger charge is 2.26. The third-order valence-electron chi connectivity index (χ3n) is 3.30. The molecule has 1 aliphatic rings. The number of ether oxygens (including phenoxy) is 1. The van der Waals surface area contributed by atoms with Crippen molar-refractivity contribution in [2.75, 3.05) is 14.1 Å². The summed E-state index contributed by atoms with van der Waals surface area (Å²) in [6, 6.07) is 4.06. The first kappa shape index (κ1) is 14.8. The van der Waals surface area contributed by atoms with E-state index in [-0.39, 0.29) is 16.6 Å². The summed E-state index contributed by atoms with van der Waals surface area (Å²) in [5, 5.41) is 9.12. The van der Waals surface area contributed by atoms with E-state index < -0.39 is 16.0 Å². The topological polar surface area (TPSA) is 83.9 Å². The van der Waals surface area contributed by atoms with Gasteiger partial charge >= 0.3 is 5.97 Å². The van der Waals surface area contributed by atoms with Crippen LogP contribution in [0.5, 0.6) is 5.75 Å². The van der Waals surface area contributed by atoms with E-state index in [9.17, 15) is 13.2 Å². The Balaban J connectivity index is 2.44. The average molecular weight is 299 g/mol. The first-order valence-corrected chi connectivity index (χ1v) is 7.73. The van der Waals surface area contributed by atoms with Crippen molar-refractivity contribution in [1.82, 2.24) is 4.31 Å². The van der Waals surface area contributed by atoms with Gasteiger partial charge in [0.05, 0.1) is 11.7 Å². The summed E-state index contributed by atoms with van der Waals surface area (Å²) < 4.78 is 31.0. The molecule has 0 unspecified atom stereocenters. The predicted molar refractivity (Wildman–Crippen MR) is 72.5 cm³/mol. The van der Waals surface area contributed by atoms with Crippen LogP contribution in [0.3, 0.4) is 0 Å². The van der Waals surface area contributed by atoms with Gasteiger partial charge in [0, 0.05) is 20.2 Å². The zero-order valence-electron chi connectivity index (χ0n) is 11.4. The van der Waals surface area contributed by atoms with Crippen LogP contribution in [-0.2, 0) is 10.0 Å². The van der Waals surface area contributed by atoms with Gasteiger partial charge in [-0.25, -0.2) is 17.5 Å². The Morgan fingerprint density at radius 3 is 2.45 bits per heavy atom. The Kier molecular flexibility index (Phi) is 4.01. The van der Waals surface area contributed by atoms with Crippen LogP contribution in [0.2, 0.25) is 0 Å². The highest BCUT2D eigenvalue weighted by molar-refractivity contribution is 7.89. The summed E-state index contributed by atoms with van der Waals surface area (Å²) in [5.74, 6) is -0.888. The van der Waals surface area contributed by atoms with E-state index in [0.29, 0.717) is 5.75 Å². The number of sulfonamides is 1. The van der Waals surface area contributed by atoms with Crippen molar-refractivity contribution < 1.29 is 23.1 Å². The van der Waals surface area contributed by atoms with Gasteiger partial charge in [0.15, 0.2) is 0 Å². The van der Waals surface area contributed by atoms with Crippen molar-refractivity contribution in [2.45, 2.75) is 30.3 Å². The maximum absolute atomic E-state index is 12.2. The van der Waals surface area contributed by atoms with E-state index in [4.69, 9.17) is 9.84 Å². The number of nitrogens with zero attached hydrogens (tertiary/aromatic N) is 1. The van der Waals surface area contributed by atoms with Crippen LogP contribution in [0.25, 0.3) is 0 Å². The molecule has 1 fully saturated rings. The summed E-state index contributed by atoms with van der Waals surface area (Å²) >= 11 is 0. The second-order valence-electron chi connectivity index (χ2n) is 4.92. The summed E-state index contributed by atoms with van der Waals surface area (Å²) in [4.78, 5) is 10.9. The van der Waals surface area contributed by atoms with Crippen molar-refractivity contribution in [3.63, 3.8) is 0 Å². The molecule has 1 saturated carbocycles. The number of carboxylic acid groups (broad SMARTS) is 1.